The number of methoxy groups -OCH3 is 3. The van der Waals surface area contributed by atoms with Crippen LogP contribution >= 0.6 is 0 Å². The number of nitrogens with one attached hydrogen (secondary N) is 1. The van der Waals surface area contributed by atoms with Crippen molar-refractivity contribution in [3.8, 4) is 17.2 Å². The Hall–Kier alpha value is -1.42. The normalized spacial score (nSPS) is 16.2. The maximum Gasteiger partial charge on any atom is 0.203 e. The second kappa shape index (κ2) is 7.55. The fourth-order valence-electron chi connectivity index (χ4n) is 2.91. The lowest BCUT2D eigenvalue weighted by atomic mass is 9.77. The van der Waals surface area contributed by atoms with Crippen LogP contribution in [0.5, 0.6) is 17.2 Å². The quantitative estimate of drug-likeness (QED) is 0.795. The van der Waals surface area contributed by atoms with Crippen LogP contribution in [0, 0.1) is 5.92 Å². The van der Waals surface area contributed by atoms with Gasteiger partial charge in [-0.25, -0.2) is 0 Å². The van der Waals surface area contributed by atoms with Crippen molar-refractivity contribution >= 4 is 0 Å². The van der Waals surface area contributed by atoms with E-state index in [0.717, 1.165) is 24.5 Å². The molecule has 1 aromatic carbocycles. The number of hydrogen-bond donors (Lipinski definition) is 1. The molecule has 0 aromatic heterocycles. The van der Waals surface area contributed by atoms with Gasteiger partial charge in [-0.1, -0.05) is 13.3 Å². The highest BCUT2D eigenvalue weighted by Crippen LogP contribution is 2.44. The van der Waals surface area contributed by atoms with Crippen molar-refractivity contribution in [1.29, 1.82) is 0 Å². The van der Waals surface area contributed by atoms with E-state index in [1.165, 1.54) is 24.8 Å². The van der Waals surface area contributed by atoms with Crippen molar-refractivity contribution in [3.63, 3.8) is 0 Å². The zero-order valence-corrected chi connectivity index (χ0v) is 13.6. The van der Waals surface area contributed by atoms with Gasteiger partial charge in [-0.3, -0.25) is 0 Å². The summed E-state index contributed by atoms with van der Waals surface area (Å²) in [4.78, 5) is 0. The van der Waals surface area contributed by atoms with E-state index in [1.54, 1.807) is 21.3 Å². The summed E-state index contributed by atoms with van der Waals surface area (Å²) < 4.78 is 16.3. The molecule has 1 atom stereocenters. The van der Waals surface area contributed by atoms with Gasteiger partial charge in [0, 0.05) is 6.04 Å². The Morgan fingerprint density at radius 2 is 1.71 bits per heavy atom. The monoisotopic (exact) mass is 293 g/mol. The van der Waals surface area contributed by atoms with Crippen LogP contribution in [-0.4, -0.2) is 27.9 Å². The van der Waals surface area contributed by atoms with Crippen LogP contribution < -0.4 is 19.5 Å². The van der Waals surface area contributed by atoms with E-state index < -0.39 is 0 Å². The van der Waals surface area contributed by atoms with Gasteiger partial charge in [-0.2, -0.15) is 0 Å². The van der Waals surface area contributed by atoms with Gasteiger partial charge in [0.2, 0.25) is 5.75 Å². The number of ether oxygens (including phenoxy) is 3. The molecule has 2 rings (SSSR count). The molecule has 0 aliphatic heterocycles. The van der Waals surface area contributed by atoms with E-state index in [0.29, 0.717) is 17.7 Å². The first-order valence-corrected chi connectivity index (χ1v) is 7.78. The van der Waals surface area contributed by atoms with E-state index in [-0.39, 0.29) is 0 Å². The Balaban J connectivity index is 2.34. The second-order valence-corrected chi connectivity index (χ2v) is 5.58. The molecule has 1 fully saturated rings. The van der Waals surface area contributed by atoms with Crippen molar-refractivity contribution in [2.75, 3.05) is 27.9 Å². The van der Waals surface area contributed by atoms with Crippen LogP contribution in [0.4, 0.5) is 0 Å². The zero-order valence-electron chi connectivity index (χ0n) is 13.6. The predicted octanol–water partition coefficient (Wildman–Crippen LogP) is 3.55. The Morgan fingerprint density at radius 3 is 2.10 bits per heavy atom. The fourth-order valence-corrected chi connectivity index (χ4v) is 2.91. The molecule has 0 spiro atoms. The van der Waals surface area contributed by atoms with Crippen molar-refractivity contribution in [1.82, 2.24) is 5.32 Å². The van der Waals surface area contributed by atoms with Gasteiger partial charge in [0.05, 0.1) is 21.3 Å². The minimum atomic E-state index is 0.368. The summed E-state index contributed by atoms with van der Waals surface area (Å²) >= 11 is 0. The largest absolute Gasteiger partial charge is 0.493 e. The highest BCUT2D eigenvalue weighted by Gasteiger charge is 2.29. The lowest BCUT2D eigenvalue weighted by Gasteiger charge is -2.35. The Kier molecular flexibility index (Phi) is 5.74. The van der Waals surface area contributed by atoms with E-state index >= 15 is 0 Å². The minimum Gasteiger partial charge on any atom is -0.493 e. The van der Waals surface area contributed by atoms with Gasteiger partial charge in [-0.05, 0) is 49.4 Å². The fraction of sp³-hybridized carbons (Fsp3) is 0.647. The molecule has 118 valence electrons. The highest BCUT2D eigenvalue weighted by molar-refractivity contribution is 5.54. The summed E-state index contributed by atoms with van der Waals surface area (Å²) in [7, 11) is 4.97. The first kappa shape index (κ1) is 16.0. The van der Waals surface area contributed by atoms with Crippen molar-refractivity contribution in [3.05, 3.63) is 17.7 Å². The molecule has 4 nitrogen and oxygen atoms in total. The van der Waals surface area contributed by atoms with Gasteiger partial charge < -0.3 is 19.5 Å². The molecule has 1 unspecified atom stereocenters. The standard InChI is InChI=1S/C17H27NO3/c1-5-9-18-16(12-7-6-8-12)13-10-14(19-2)17(21-4)15(11-13)20-3/h10-12,16,18H,5-9H2,1-4H3. The maximum atomic E-state index is 5.47. The number of rotatable bonds is 8. The molecule has 0 radical (unpaired) electrons. The van der Waals surface area contributed by atoms with E-state index in [9.17, 15) is 0 Å². The third-order valence-electron chi connectivity index (χ3n) is 4.28. The molecule has 0 amide bonds. The van der Waals surface area contributed by atoms with Crippen molar-refractivity contribution in [2.24, 2.45) is 5.92 Å². The van der Waals surface area contributed by atoms with Gasteiger partial charge in [-0.15, -0.1) is 0 Å². The van der Waals surface area contributed by atoms with Gasteiger partial charge in [0.25, 0.3) is 0 Å². The lowest BCUT2D eigenvalue weighted by Crippen LogP contribution is -2.32. The van der Waals surface area contributed by atoms with E-state index in [4.69, 9.17) is 14.2 Å². The van der Waals surface area contributed by atoms with Crippen molar-refractivity contribution in [2.45, 2.75) is 38.6 Å². The van der Waals surface area contributed by atoms with Crippen LogP contribution in [0.25, 0.3) is 0 Å². The summed E-state index contributed by atoms with van der Waals surface area (Å²) in [6.07, 6.45) is 5.04. The smallest absolute Gasteiger partial charge is 0.203 e. The van der Waals surface area contributed by atoms with E-state index in [2.05, 4.69) is 24.4 Å². The van der Waals surface area contributed by atoms with Crippen molar-refractivity contribution < 1.29 is 14.2 Å². The summed E-state index contributed by atoms with van der Waals surface area (Å²) in [6.45, 7) is 3.22. The Labute approximate surface area is 127 Å². The first-order valence-electron chi connectivity index (χ1n) is 7.78. The molecular weight excluding hydrogens is 266 g/mol. The molecular formula is C17H27NO3. The lowest BCUT2D eigenvalue weighted by molar-refractivity contribution is 0.229. The maximum absolute atomic E-state index is 5.47. The zero-order chi connectivity index (χ0) is 15.2. The molecule has 0 bridgehead atoms. The molecule has 1 aliphatic rings. The average Bonchev–Trinajstić information content (AvgIpc) is 2.47. The molecule has 1 aromatic rings. The molecule has 0 heterocycles. The molecule has 21 heavy (non-hydrogen) atoms. The SMILES string of the molecule is CCCNC(c1cc(OC)c(OC)c(OC)c1)C1CCC1. The van der Waals surface area contributed by atoms with Crippen LogP contribution in [0.2, 0.25) is 0 Å². The third-order valence-corrected chi connectivity index (χ3v) is 4.28. The van der Waals surface area contributed by atoms with Crippen LogP contribution in [0.1, 0.15) is 44.2 Å². The van der Waals surface area contributed by atoms with Gasteiger partial charge in [0.1, 0.15) is 0 Å². The topological polar surface area (TPSA) is 39.7 Å². The first-order chi connectivity index (χ1) is 10.2. The number of benzene rings is 1. The Morgan fingerprint density at radius 1 is 1.10 bits per heavy atom. The highest BCUT2D eigenvalue weighted by atomic mass is 16.5. The van der Waals surface area contributed by atoms with E-state index in [1.807, 2.05) is 0 Å². The van der Waals surface area contributed by atoms with Crippen LogP contribution in [0.15, 0.2) is 12.1 Å². The summed E-state index contributed by atoms with van der Waals surface area (Å²) in [6, 6.07) is 4.52. The predicted molar refractivity (Wildman–Crippen MR) is 84.5 cm³/mol. The molecule has 1 aliphatic carbocycles. The molecule has 4 heteroatoms. The summed E-state index contributed by atoms with van der Waals surface area (Å²) in [5.41, 5.74) is 1.22. The minimum absolute atomic E-state index is 0.368. The van der Waals surface area contributed by atoms with Crippen LogP contribution in [0.3, 0.4) is 0 Å². The Bertz CT molecular complexity index is 432. The molecule has 1 N–H and O–H groups in total. The van der Waals surface area contributed by atoms with Gasteiger partial charge in [0.15, 0.2) is 11.5 Å². The third kappa shape index (κ3) is 3.43. The molecule has 1 saturated carbocycles. The number of hydrogen-bond acceptors (Lipinski definition) is 4. The van der Waals surface area contributed by atoms with Gasteiger partial charge >= 0.3 is 0 Å². The van der Waals surface area contributed by atoms with Crippen LogP contribution in [-0.2, 0) is 0 Å². The summed E-state index contributed by atoms with van der Waals surface area (Å²) in [5.74, 6) is 2.83. The summed E-state index contributed by atoms with van der Waals surface area (Å²) in [5, 5.41) is 3.68. The average molecular weight is 293 g/mol. The molecule has 0 saturated heterocycles. The second-order valence-electron chi connectivity index (χ2n) is 5.58.